The molecular formula is C41H77NO10. The van der Waals surface area contributed by atoms with Crippen molar-refractivity contribution in [3.05, 3.63) is 0 Å². The molecule has 2 N–H and O–H groups in total. The predicted molar refractivity (Wildman–Crippen MR) is 203 cm³/mol. The van der Waals surface area contributed by atoms with Crippen LogP contribution in [0.5, 0.6) is 0 Å². The van der Waals surface area contributed by atoms with Crippen LogP contribution in [0.15, 0.2) is 0 Å². The molecule has 7 atom stereocenters. The Kier molecular flexibility index (Phi) is 25.3. The summed E-state index contributed by atoms with van der Waals surface area (Å²) in [5, 5.41) is 12.6. The second kappa shape index (κ2) is 28.1. The van der Waals surface area contributed by atoms with E-state index in [1.165, 1.54) is 117 Å². The van der Waals surface area contributed by atoms with E-state index in [4.69, 9.17) is 33.2 Å². The van der Waals surface area contributed by atoms with Crippen molar-refractivity contribution < 1.29 is 47.9 Å². The van der Waals surface area contributed by atoms with Crippen molar-refractivity contribution in [2.24, 2.45) is 0 Å². The number of carbonyl (C=O) groups excluding carboxylic acids is 1. The van der Waals surface area contributed by atoms with Gasteiger partial charge in [0.15, 0.2) is 18.2 Å². The summed E-state index contributed by atoms with van der Waals surface area (Å²) in [6.07, 6.45) is 20.6. The van der Waals surface area contributed by atoms with Crippen LogP contribution in [0, 0.1) is 0 Å². The molecule has 2 saturated heterocycles. The standard InChI is InChI=1S/C41H77NO10/c1-7-9-11-13-15-17-19-21-23-25-27-46-29-34(47-28-26-24-22-20-18-16-14-12-10-8-2)30-48-40-36(42-33(4)43)38(50-32(3)39(44)45)37-35(51-40)31-49-41(5,6)52-37/h32,34-38,40H,7-31H2,1-6H3,(H,42,43)(H,44,45)/t32-,34?,35+,36+,37+,38+,40+/m0/s1. The Hall–Kier alpha value is -1.34. The van der Waals surface area contributed by atoms with Gasteiger partial charge in [-0.3, -0.25) is 4.79 Å². The van der Waals surface area contributed by atoms with Crippen molar-refractivity contribution in [3.8, 4) is 0 Å². The van der Waals surface area contributed by atoms with Crippen LogP contribution < -0.4 is 5.32 Å². The van der Waals surface area contributed by atoms with Crippen LogP contribution in [0.25, 0.3) is 0 Å². The molecule has 0 spiro atoms. The fourth-order valence-corrected chi connectivity index (χ4v) is 6.90. The molecule has 1 amide bonds. The van der Waals surface area contributed by atoms with Gasteiger partial charge in [-0.15, -0.1) is 0 Å². The van der Waals surface area contributed by atoms with E-state index < -0.39 is 48.5 Å². The van der Waals surface area contributed by atoms with Gasteiger partial charge in [-0.2, -0.15) is 0 Å². The maximum Gasteiger partial charge on any atom is 0.332 e. The number of fused-ring (bicyclic) bond motifs is 1. The number of aliphatic carboxylic acids is 1. The van der Waals surface area contributed by atoms with Gasteiger partial charge in [-0.1, -0.05) is 129 Å². The van der Waals surface area contributed by atoms with Gasteiger partial charge in [0.25, 0.3) is 0 Å². The molecule has 0 radical (unpaired) electrons. The maximum absolute atomic E-state index is 12.4. The van der Waals surface area contributed by atoms with Crippen LogP contribution >= 0.6 is 0 Å². The molecule has 306 valence electrons. The topological polar surface area (TPSA) is 131 Å². The predicted octanol–water partition coefficient (Wildman–Crippen LogP) is 8.49. The third kappa shape index (κ3) is 20.4. The van der Waals surface area contributed by atoms with Gasteiger partial charge in [0.1, 0.15) is 30.5 Å². The molecule has 52 heavy (non-hydrogen) atoms. The van der Waals surface area contributed by atoms with Crippen LogP contribution in [0.1, 0.15) is 170 Å². The summed E-state index contributed by atoms with van der Waals surface area (Å²) in [7, 11) is 0. The maximum atomic E-state index is 12.4. The lowest BCUT2D eigenvalue weighted by atomic mass is 9.94. The fraction of sp³-hybridized carbons (Fsp3) is 0.951. The van der Waals surface area contributed by atoms with E-state index in [0.29, 0.717) is 19.8 Å². The quantitative estimate of drug-likeness (QED) is 0.0647. The zero-order valence-corrected chi connectivity index (χ0v) is 33.8. The van der Waals surface area contributed by atoms with E-state index in [0.717, 1.165) is 25.7 Å². The molecule has 11 nitrogen and oxygen atoms in total. The molecular weight excluding hydrogens is 666 g/mol. The van der Waals surface area contributed by atoms with E-state index in [-0.39, 0.29) is 25.2 Å². The summed E-state index contributed by atoms with van der Waals surface area (Å²) in [6.45, 7) is 13.0. The highest BCUT2D eigenvalue weighted by Gasteiger charge is 2.53. The van der Waals surface area contributed by atoms with Gasteiger partial charge in [-0.25, -0.2) is 4.79 Å². The van der Waals surface area contributed by atoms with E-state index in [9.17, 15) is 14.7 Å². The number of amides is 1. The minimum atomic E-state index is -1.15. The van der Waals surface area contributed by atoms with Gasteiger partial charge < -0.3 is 43.6 Å². The second-order valence-electron chi connectivity index (χ2n) is 15.4. The van der Waals surface area contributed by atoms with Gasteiger partial charge in [0.05, 0.1) is 19.8 Å². The molecule has 2 heterocycles. The third-order valence-corrected chi connectivity index (χ3v) is 9.98. The van der Waals surface area contributed by atoms with Crippen LogP contribution in [-0.2, 0) is 42.7 Å². The zero-order chi connectivity index (χ0) is 38.0. The lowest BCUT2D eigenvalue weighted by molar-refractivity contribution is -0.375. The first-order valence-electron chi connectivity index (χ1n) is 21.0. The Morgan fingerprint density at radius 3 is 1.83 bits per heavy atom. The first kappa shape index (κ1) is 46.8. The summed E-state index contributed by atoms with van der Waals surface area (Å²) >= 11 is 0. The van der Waals surface area contributed by atoms with Gasteiger partial charge >= 0.3 is 5.97 Å². The molecule has 0 aliphatic carbocycles. The summed E-state index contributed by atoms with van der Waals surface area (Å²) in [5.74, 6) is -2.38. The number of carboxylic acid groups (broad SMARTS) is 1. The molecule has 11 heteroatoms. The molecule has 1 unspecified atom stereocenters. The second-order valence-corrected chi connectivity index (χ2v) is 15.4. The average Bonchev–Trinajstić information content (AvgIpc) is 3.10. The van der Waals surface area contributed by atoms with Crippen LogP contribution in [0.2, 0.25) is 0 Å². The highest BCUT2D eigenvalue weighted by atomic mass is 16.8. The Labute approximate surface area is 316 Å². The van der Waals surface area contributed by atoms with E-state index in [1.54, 1.807) is 13.8 Å². The number of carboxylic acids is 1. The molecule has 0 aromatic carbocycles. The number of nitrogens with one attached hydrogen (secondary N) is 1. The highest BCUT2D eigenvalue weighted by Crippen LogP contribution is 2.35. The SMILES string of the molecule is CCCCCCCCCCCCOCC(CO[C@@H]1O[C@@H]2COC(C)(C)O[C@H]2[C@H](O[C@@H](C)C(=O)O)[C@H]1NC(C)=O)OCCCCCCCCCCCC. The lowest BCUT2D eigenvalue weighted by Gasteiger charge is -2.51. The summed E-state index contributed by atoms with van der Waals surface area (Å²) in [6, 6.07) is -0.829. The highest BCUT2D eigenvalue weighted by molar-refractivity contribution is 5.73. The van der Waals surface area contributed by atoms with Crippen LogP contribution in [0.3, 0.4) is 0 Å². The molecule has 2 fully saturated rings. The number of carbonyl (C=O) groups is 2. The third-order valence-electron chi connectivity index (χ3n) is 9.98. The van der Waals surface area contributed by atoms with Crippen molar-refractivity contribution in [1.82, 2.24) is 5.32 Å². The van der Waals surface area contributed by atoms with Gasteiger partial charge in [0, 0.05) is 20.1 Å². The molecule has 0 aromatic rings. The number of hydrogen-bond acceptors (Lipinski definition) is 9. The number of unbranched alkanes of at least 4 members (excludes halogenated alkanes) is 18. The summed E-state index contributed by atoms with van der Waals surface area (Å²) in [4.78, 5) is 24.2. The minimum Gasteiger partial charge on any atom is -0.479 e. The lowest BCUT2D eigenvalue weighted by Crippen LogP contribution is -2.69. The first-order chi connectivity index (χ1) is 25.1. The fourth-order valence-electron chi connectivity index (χ4n) is 6.90. The first-order valence-corrected chi connectivity index (χ1v) is 21.0. The molecule has 0 saturated carbocycles. The Morgan fingerprint density at radius 2 is 1.31 bits per heavy atom. The van der Waals surface area contributed by atoms with Crippen molar-refractivity contribution in [2.75, 3.05) is 33.0 Å². The molecule has 2 aliphatic heterocycles. The van der Waals surface area contributed by atoms with E-state index >= 15 is 0 Å². The summed E-state index contributed by atoms with van der Waals surface area (Å²) < 4.78 is 43.2. The monoisotopic (exact) mass is 744 g/mol. The van der Waals surface area contributed by atoms with E-state index in [2.05, 4.69) is 19.2 Å². The number of ether oxygens (including phenoxy) is 7. The normalized spacial score (nSPS) is 23.9. The molecule has 0 bridgehead atoms. The zero-order valence-electron chi connectivity index (χ0n) is 33.8. The summed E-state index contributed by atoms with van der Waals surface area (Å²) in [5.41, 5.74) is 0. The van der Waals surface area contributed by atoms with Crippen molar-refractivity contribution in [1.29, 1.82) is 0 Å². The van der Waals surface area contributed by atoms with Gasteiger partial charge in [0.2, 0.25) is 5.91 Å². The minimum absolute atomic E-state index is 0.169. The van der Waals surface area contributed by atoms with Crippen molar-refractivity contribution in [3.63, 3.8) is 0 Å². The largest absolute Gasteiger partial charge is 0.479 e. The Bertz CT molecular complexity index is 920. The van der Waals surface area contributed by atoms with Crippen molar-refractivity contribution in [2.45, 2.75) is 219 Å². The molecule has 0 aromatic heterocycles. The number of rotatable bonds is 32. The number of hydrogen-bond donors (Lipinski definition) is 2. The van der Waals surface area contributed by atoms with E-state index in [1.807, 2.05) is 0 Å². The smallest absolute Gasteiger partial charge is 0.332 e. The Morgan fingerprint density at radius 1 is 0.788 bits per heavy atom. The van der Waals surface area contributed by atoms with Gasteiger partial charge in [-0.05, 0) is 33.6 Å². The van der Waals surface area contributed by atoms with Crippen LogP contribution in [0.4, 0.5) is 0 Å². The molecule has 2 aliphatic rings. The molecule has 2 rings (SSSR count). The van der Waals surface area contributed by atoms with Crippen LogP contribution in [-0.4, -0.2) is 98.7 Å². The Balaban J connectivity index is 1.94. The van der Waals surface area contributed by atoms with Crippen molar-refractivity contribution >= 4 is 11.9 Å². The average molecular weight is 744 g/mol.